The maximum absolute atomic E-state index is 12.6. The molecule has 0 aromatic rings. The first-order chi connectivity index (χ1) is 11.3. The highest BCUT2D eigenvalue weighted by Crippen LogP contribution is 2.19. The van der Waals surface area contributed by atoms with E-state index in [4.69, 9.17) is 0 Å². The lowest BCUT2D eigenvalue weighted by atomic mass is 9.99. The summed E-state index contributed by atoms with van der Waals surface area (Å²) in [5, 5.41) is 0. The molecule has 1 aliphatic heterocycles. The Morgan fingerprint density at radius 1 is 0.696 bits per heavy atom. The first-order valence-electron chi connectivity index (χ1n) is 8.50. The van der Waals surface area contributed by atoms with Gasteiger partial charge in [0.2, 0.25) is 11.8 Å². The fourth-order valence-electron chi connectivity index (χ4n) is 3.35. The van der Waals surface area contributed by atoms with Gasteiger partial charge < -0.3 is 9.80 Å². The molecule has 0 saturated carbocycles. The molecule has 0 bridgehead atoms. The van der Waals surface area contributed by atoms with Gasteiger partial charge in [0.1, 0.15) is 0 Å². The molecule has 0 radical (unpaired) electrons. The minimum atomic E-state index is -0.0336. The fourth-order valence-corrected chi connectivity index (χ4v) is 3.35. The number of carbonyl (C=O) groups excluding carboxylic acids is 2. The minimum Gasteiger partial charge on any atom is -0.340 e. The lowest BCUT2D eigenvalue weighted by Crippen LogP contribution is -2.41. The van der Waals surface area contributed by atoms with Crippen LogP contribution in [0.3, 0.4) is 0 Å². The van der Waals surface area contributed by atoms with Gasteiger partial charge in [-0.1, -0.05) is 48.6 Å². The summed E-state index contributed by atoms with van der Waals surface area (Å²) in [5.74, 6) is 0.322. The third kappa shape index (κ3) is 3.81. The van der Waals surface area contributed by atoms with Crippen LogP contribution in [0, 0.1) is 11.8 Å². The van der Waals surface area contributed by atoms with Crippen LogP contribution in [0.4, 0.5) is 0 Å². The molecule has 0 spiro atoms. The van der Waals surface area contributed by atoms with Crippen molar-refractivity contribution in [2.75, 3.05) is 26.2 Å². The zero-order valence-electron chi connectivity index (χ0n) is 13.4. The molecule has 0 aromatic carbocycles. The van der Waals surface area contributed by atoms with E-state index in [1.807, 2.05) is 58.4 Å². The largest absolute Gasteiger partial charge is 0.340 e. The van der Waals surface area contributed by atoms with Crippen LogP contribution in [0.2, 0.25) is 0 Å². The third-order valence-corrected chi connectivity index (χ3v) is 4.71. The van der Waals surface area contributed by atoms with E-state index >= 15 is 0 Å². The van der Waals surface area contributed by atoms with Crippen LogP contribution in [0.15, 0.2) is 48.6 Å². The van der Waals surface area contributed by atoms with Gasteiger partial charge in [-0.25, -0.2) is 0 Å². The van der Waals surface area contributed by atoms with Gasteiger partial charge in [0.15, 0.2) is 0 Å². The smallest absolute Gasteiger partial charge is 0.229 e. The van der Waals surface area contributed by atoms with Gasteiger partial charge in [-0.15, -0.1) is 0 Å². The first-order valence-corrected chi connectivity index (χ1v) is 8.50. The molecule has 0 N–H and O–H groups in total. The van der Waals surface area contributed by atoms with Crippen LogP contribution in [-0.4, -0.2) is 47.8 Å². The predicted octanol–water partition coefficient (Wildman–Crippen LogP) is 2.31. The summed E-state index contributed by atoms with van der Waals surface area (Å²) in [5.41, 5.74) is 0. The first kappa shape index (κ1) is 15.8. The van der Waals surface area contributed by atoms with E-state index in [1.165, 1.54) is 0 Å². The minimum absolute atomic E-state index is 0.0336. The fraction of sp³-hybridized carbons (Fsp3) is 0.474. The summed E-state index contributed by atoms with van der Waals surface area (Å²) in [6.07, 6.45) is 18.3. The lowest BCUT2D eigenvalue weighted by Gasteiger charge is -2.26. The zero-order chi connectivity index (χ0) is 16.1. The number of allylic oxidation sites excluding steroid dienone is 6. The van der Waals surface area contributed by atoms with Crippen molar-refractivity contribution in [3.8, 4) is 0 Å². The molecule has 2 unspecified atom stereocenters. The Balaban J connectivity index is 1.56. The highest BCUT2D eigenvalue weighted by molar-refractivity contribution is 5.82. The van der Waals surface area contributed by atoms with Crippen LogP contribution in [0.5, 0.6) is 0 Å². The zero-order valence-corrected chi connectivity index (χ0v) is 13.4. The van der Waals surface area contributed by atoms with E-state index in [9.17, 15) is 9.59 Å². The van der Waals surface area contributed by atoms with Crippen LogP contribution in [0.1, 0.15) is 19.3 Å². The Kier molecular flexibility index (Phi) is 5.11. The molecule has 3 aliphatic rings. The van der Waals surface area contributed by atoms with E-state index in [0.29, 0.717) is 13.1 Å². The van der Waals surface area contributed by atoms with Crippen LogP contribution in [-0.2, 0) is 9.59 Å². The molecule has 1 fully saturated rings. The lowest BCUT2D eigenvalue weighted by molar-refractivity contribution is -0.136. The molecule has 1 heterocycles. The topological polar surface area (TPSA) is 40.6 Å². The molecule has 3 rings (SSSR count). The second-order valence-electron chi connectivity index (χ2n) is 6.31. The Morgan fingerprint density at radius 3 is 1.57 bits per heavy atom. The molecule has 2 atom stereocenters. The van der Waals surface area contributed by atoms with Crippen LogP contribution >= 0.6 is 0 Å². The Bertz CT molecular complexity index is 524. The second kappa shape index (κ2) is 7.44. The van der Waals surface area contributed by atoms with E-state index < -0.39 is 0 Å². The van der Waals surface area contributed by atoms with E-state index in [1.54, 1.807) is 0 Å². The van der Waals surface area contributed by atoms with Gasteiger partial charge >= 0.3 is 0 Å². The van der Waals surface area contributed by atoms with Gasteiger partial charge in [0, 0.05) is 26.2 Å². The number of rotatable bonds is 2. The molecule has 1 saturated heterocycles. The van der Waals surface area contributed by atoms with Crippen molar-refractivity contribution < 1.29 is 9.59 Å². The molecule has 23 heavy (non-hydrogen) atoms. The van der Waals surface area contributed by atoms with Crippen molar-refractivity contribution in [2.45, 2.75) is 19.3 Å². The maximum atomic E-state index is 12.6. The third-order valence-electron chi connectivity index (χ3n) is 4.71. The highest BCUT2D eigenvalue weighted by atomic mass is 16.2. The van der Waals surface area contributed by atoms with E-state index in [-0.39, 0.29) is 23.7 Å². The van der Waals surface area contributed by atoms with Crippen molar-refractivity contribution >= 4 is 11.8 Å². The number of nitrogens with zero attached hydrogens (tertiary/aromatic N) is 2. The quantitative estimate of drug-likeness (QED) is 0.785. The molecular weight excluding hydrogens is 288 g/mol. The summed E-state index contributed by atoms with van der Waals surface area (Å²) < 4.78 is 0. The Morgan fingerprint density at radius 2 is 1.17 bits per heavy atom. The summed E-state index contributed by atoms with van der Waals surface area (Å²) in [7, 11) is 0. The van der Waals surface area contributed by atoms with E-state index in [0.717, 1.165) is 32.4 Å². The number of hydrogen-bond acceptors (Lipinski definition) is 2. The molecule has 2 amide bonds. The number of amides is 2. The Hall–Kier alpha value is -2.10. The summed E-state index contributed by atoms with van der Waals surface area (Å²) >= 11 is 0. The molecule has 4 nitrogen and oxygen atoms in total. The summed E-state index contributed by atoms with van der Waals surface area (Å²) in [4.78, 5) is 29.1. The average molecular weight is 312 g/mol. The molecule has 2 aliphatic carbocycles. The molecule has 0 aromatic heterocycles. The van der Waals surface area contributed by atoms with E-state index in [2.05, 4.69) is 0 Å². The van der Waals surface area contributed by atoms with Gasteiger partial charge in [-0.05, 0) is 19.3 Å². The maximum Gasteiger partial charge on any atom is 0.229 e. The van der Waals surface area contributed by atoms with Gasteiger partial charge in [0.25, 0.3) is 0 Å². The second-order valence-corrected chi connectivity index (χ2v) is 6.31. The SMILES string of the molecule is O=C(C1C=CC=CC1)N1CCCN(C(=O)C2C=CC=CC2)CC1. The standard InChI is InChI=1S/C19H24N2O2/c22-18(16-8-3-1-4-9-16)20-12-7-13-21(15-14-20)19(23)17-10-5-2-6-11-17/h1-6,8,10,16-17H,7,9,11-15H2. The molecular formula is C19H24N2O2. The van der Waals surface area contributed by atoms with Crippen LogP contribution < -0.4 is 0 Å². The summed E-state index contributed by atoms with van der Waals surface area (Å²) in [6, 6.07) is 0. The highest BCUT2D eigenvalue weighted by Gasteiger charge is 2.28. The predicted molar refractivity (Wildman–Crippen MR) is 90.6 cm³/mol. The van der Waals surface area contributed by atoms with Crippen LogP contribution in [0.25, 0.3) is 0 Å². The molecule has 122 valence electrons. The van der Waals surface area contributed by atoms with Gasteiger partial charge in [-0.3, -0.25) is 9.59 Å². The molecule has 4 heteroatoms. The van der Waals surface area contributed by atoms with Crippen molar-refractivity contribution in [3.63, 3.8) is 0 Å². The van der Waals surface area contributed by atoms with Crippen molar-refractivity contribution in [1.82, 2.24) is 9.80 Å². The van der Waals surface area contributed by atoms with Gasteiger partial charge in [0.05, 0.1) is 11.8 Å². The average Bonchev–Trinajstić information content (AvgIpc) is 2.88. The van der Waals surface area contributed by atoms with Crippen molar-refractivity contribution in [2.24, 2.45) is 11.8 Å². The number of hydrogen-bond donors (Lipinski definition) is 0. The monoisotopic (exact) mass is 312 g/mol. The summed E-state index contributed by atoms with van der Waals surface area (Å²) in [6.45, 7) is 2.78. The Labute approximate surface area is 137 Å². The normalized spacial score (nSPS) is 27.1. The number of carbonyl (C=O) groups is 2. The van der Waals surface area contributed by atoms with Gasteiger partial charge in [-0.2, -0.15) is 0 Å². The van der Waals surface area contributed by atoms with Crippen molar-refractivity contribution in [1.29, 1.82) is 0 Å². The van der Waals surface area contributed by atoms with Crippen molar-refractivity contribution in [3.05, 3.63) is 48.6 Å².